The summed E-state index contributed by atoms with van der Waals surface area (Å²) in [6.45, 7) is 3.16. The van der Waals surface area contributed by atoms with E-state index in [9.17, 15) is 4.79 Å². The average Bonchev–Trinajstić information content (AvgIpc) is 2.62. The van der Waals surface area contributed by atoms with Gasteiger partial charge in [0.05, 0.1) is 0 Å². The molecule has 16 heavy (non-hydrogen) atoms. The highest BCUT2D eigenvalue weighted by Gasteiger charge is 2.06. The fourth-order valence-electron chi connectivity index (χ4n) is 1.18. The van der Waals surface area contributed by atoms with Crippen LogP contribution >= 0.6 is 11.8 Å². The Bertz CT molecular complexity index is 418. The SMILES string of the molecule is CCCn1c(SCCCN=[N+]=[N-])n[nH]c1=O. The Balaban J connectivity index is 2.47. The molecule has 1 rings (SSSR count). The van der Waals surface area contributed by atoms with Gasteiger partial charge in [-0.15, -0.1) is 5.10 Å². The first kappa shape index (κ1) is 12.7. The average molecular weight is 242 g/mol. The second-order valence-electron chi connectivity index (χ2n) is 3.12. The molecule has 1 aromatic rings. The fraction of sp³-hybridized carbons (Fsp3) is 0.750. The van der Waals surface area contributed by atoms with Crippen molar-refractivity contribution < 1.29 is 0 Å². The van der Waals surface area contributed by atoms with Crippen molar-refractivity contribution in [1.29, 1.82) is 0 Å². The quantitative estimate of drug-likeness (QED) is 0.259. The molecule has 1 aromatic heterocycles. The summed E-state index contributed by atoms with van der Waals surface area (Å²) in [4.78, 5) is 14.0. The molecule has 1 N–H and O–H groups in total. The first-order valence-corrected chi connectivity index (χ1v) is 6.07. The summed E-state index contributed by atoms with van der Waals surface area (Å²) in [6.07, 6.45) is 1.67. The third-order valence-corrected chi connectivity index (χ3v) is 2.93. The lowest BCUT2D eigenvalue weighted by Crippen LogP contribution is -2.17. The van der Waals surface area contributed by atoms with Crippen LogP contribution in [0.1, 0.15) is 19.8 Å². The Morgan fingerprint density at radius 1 is 1.69 bits per heavy atom. The first-order valence-electron chi connectivity index (χ1n) is 5.08. The largest absolute Gasteiger partial charge is 0.343 e. The third kappa shape index (κ3) is 3.63. The van der Waals surface area contributed by atoms with Crippen LogP contribution in [-0.4, -0.2) is 27.1 Å². The monoisotopic (exact) mass is 242 g/mol. The van der Waals surface area contributed by atoms with E-state index < -0.39 is 0 Å². The molecule has 7 nitrogen and oxygen atoms in total. The molecule has 0 aliphatic heterocycles. The van der Waals surface area contributed by atoms with Crippen molar-refractivity contribution in [3.05, 3.63) is 20.9 Å². The van der Waals surface area contributed by atoms with Crippen molar-refractivity contribution in [1.82, 2.24) is 14.8 Å². The minimum Gasteiger partial charge on any atom is -0.270 e. The van der Waals surface area contributed by atoms with Gasteiger partial charge in [-0.3, -0.25) is 4.57 Å². The van der Waals surface area contributed by atoms with Crippen molar-refractivity contribution >= 4 is 11.8 Å². The van der Waals surface area contributed by atoms with E-state index in [0.29, 0.717) is 18.2 Å². The molecule has 0 saturated carbocycles. The summed E-state index contributed by atoms with van der Waals surface area (Å²) in [7, 11) is 0. The van der Waals surface area contributed by atoms with Gasteiger partial charge in [-0.2, -0.15) is 0 Å². The number of aromatic nitrogens is 3. The van der Waals surface area contributed by atoms with Crippen molar-refractivity contribution in [3.63, 3.8) is 0 Å². The molecule has 0 amide bonds. The molecule has 0 fully saturated rings. The lowest BCUT2D eigenvalue weighted by atomic mass is 10.5. The highest BCUT2D eigenvalue weighted by Crippen LogP contribution is 2.14. The second kappa shape index (κ2) is 6.97. The molecule has 0 aromatic carbocycles. The van der Waals surface area contributed by atoms with Crippen molar-refractivity contribution in [2.75, 3.05) is 12.3 Å². The van der Waals surface area contributed by atoms with Crippen LogP contribution in [0.4, 0.5) is 0 Å². The van der Waals surface area contributed by atoms with Crippen molar-refractivity contribution in [2.45, 2.75) is 31.5 Å². The van der Waals surface area contributed by atoms with Crippen LogP contribution in [0.15, 0.2) is 15.1 Å². The van der Waals surface area contributed by atoms with Gasteiger partial charge >= 0.3 is 5.69 Å². The van der Waals surface area contributed by atoms with Crippen LogP contribution in [0.3, 0.4) is 0 Å². The molecule has 0 unspecified atom stereocenters. The zero-order valence-corrected chi connectivity index (χ0v) is 9.90. The minimum absolute atomic E-state index is 0.167. The lowest BCUT2D eigenvalue weighted by Gasteiger charge is -2.02. The zero-order valence-electron chi connectivity index (χ0n) is 9.09. The van der Waals surface area contributed by atoms with E-state index in [-0.39, 0.29) is 5.69 Å². The van der Waals surface area contributed by atoms with Crippen LogP contribution in [0.5, 0.6) is 0 Å². The van der Waals surface area contributed by atoms with E-state index in [4.69, 9.17) is 5.53 Å². The smallest absolute Gasteiger partial charge is 0.270 e. The minimum atomic E-state index is -0.167. The lowest BCUT2D eigenvalue weighted by molar-refractivity contribution is 0.603. The first-order chi connectivity index (χ1) is 7.79. The third-order valence-electron chi connectivity index (χ3n) is 1.87. The number of H-pyrrole nitrogens is 1. The number of hydrogen-bond acceptors (Lipinski definition) is 4. The highest BCUT2D eigenvalue weighted by atomic mass is 32.2. The van der Waals surface area contributed by atoms with Crippen LogP contribution in [0.2, 0.25) is 0 Å². The molecule has 1 heterocycles. The van der Waals surface area contributed by atoms with Gasteiger partial charge in [-0.05, 0) is 18.4 Å². The molecular weight excluding hydrogens is 228 g/mol. The fourth-order valence-corrected chi connectivity index (χ4v) is 2.07. The molecular formula is C8H14N6OS. The molecule has 0 atom stereocenters. The maximum Gasteiger partial charge on any atom is 0.343 e. The Hall–Kier alpha value is -1.40. The van der Waals surface area contributed by atoms with E-state index in [0.717, 1.165) is 18.6 Å². The zero-order chi connectivity index (χ0) is 11.8. The summed E-state index contributed by atoms with van der Waals surface area (Å²) in [5.41, 5.74) is 7.92. The van der Waals surface area contributed by atoms with Crippen LogP contribution in [0, 0.1) is 0 Å². The molecule has 0 bridgehead atoms. The van der Waals surface area contributed by atoms with Gasteiger partial charge in [0.2, 0.25) is 0 Å². The molecule has 0 saturated heterocycles. The predicted molar refractivity (Wildman–Crippen MR) is 62.5 cm³/mol. The van der Waals surface area contributed by atoms with Gasteiger partial charge in [-0.1, -0.05) is 23.8 Å². The van der Waals surface area contributed by atoms with E-state index in [1.54, 1.807) is 4.57 Å². The van der Waals surface area contributed by atoms with E-state index >= 15 is 0 Å². The van der Waals surface area contributed by atoms with Crippen LogP contribution in [0.25, 0.3) is 10.4 Å². The molecule has 88 valence electrons. The Morgan fingerprint density at radius 2 is 2.50 bits per heavy atom. The number of aromatic amines is 1. The second-order valence-corrected chi connectivity index (χ2v) is 4.18. The topological polar surface area (TPSA) is 99.4 Å². The Kier molecular flexibility index (Phi) is 5.52. The molecule has 0 radical (unpaired) electrons. The molecule has 0 aliphatic carbocycles. The molecule has 0 aliphatic rings. The van der Waals surface area contributed by atoms with Crippen molar-refractivity contribution in [3.8, 4) is 0 Å². The Labute approximate surface area is 96.9 Å². The summed E-state index contributed by atoms with van der Waals surface area (Å²) in [5.74, 6) is 0.785. The van der Waals surface area contributed by atoms with Gasteiger partial charge in [0, 0.05) is 23.8 Å². The van der Waals surface area contributed by atoms with E-state index in [2.05, 4.69) is 20.2 Å². The van der Waals surface area contributed by atoms with Gasteiger partial charge in [-0.25, -0.2) is 9.89 Å². The summed E-state index contributed by atoms with van der Waals surface area (Å²) in [5, 5.41) is 10.5. The summed E-state index contributed by atoms with van der Waals surface area (Å²) >= 11 is 1.50. The number of nitrogens with zero attached hydrogens (tertiary/aromatic N) is 5. The normalized spacial score (nSPS) is 10.1. The standard InChI is InChI=1S/C8H14N6OS/c1-2-5-14-7(15)11-12-8(14)16-6-3-4-10-13-9/h2-6H2,1H3,(H,11,15). The van der Waals surface area contributed by atoms with E-state index in [1.807, 2.05) is 6.92 Å². The number of nitrogens with one attached hydrogen (secondary N) is 1. The van der Waals surface area contributed by atoms with Gasteiger partial charge in [0.15, 0.2) is 5.16 Å². The van der Waals surface area contributed by atoms with Crippen molar-refractivity contribution in [2.24, 2.45) is 5.11 Å². The summed E-state index contributed by atoms with van der Waals surface area (Å²) < 4.78 is 1.62. The van der Waals surface area contributed by atoms with Gasteiger partial charge in [0.25, 0.3) is 0 Å². The maximum absolute atomic E-state index is 11.3. The van der Waals surface area contributed by atoms with E-state index in [1.165, 1.54) is 11.8 Å². The van der Waals surface area contributed by atoms with Crippen LogP contribution < -0.4 is 5.69 Å². The summed E-state index contributed by atoms with van der Waals surface area (Å²) in [6, 6.07) is 0. The maximum atomic E-state index is 11.3. The predicted octanol–water partition coefficient (Wildman–Crippen LogP) is 1.77. The molecule has 8 heteroatoms. The number of azide groups is 1. The Morgan fingerprint density at radius 3 is 3.19 bits per heavy atom. The number of rotatable bonds is 7. The van der Waals surface area contributed by atoms with Crippen LogP contribution in [-0.2, 0) is 6.54 Å². The molecule has 0 spiro atoms. The number of hydrogen-bond donors (Lipinski definition) is 1. The van der Waals surface area contributed by atoms with Gasteiger partial charge < -0.3 is 0 Å². The highest BCUT2D eigenvalue weighted by molar-refractivity contribution is 7.99. The number of thioether (sulfide) groups is 1. The van der Waals surface area contributed by atoms with Gasteiger partial charge in [0.1, 0.15) is 0 Å².